The molecule has 0 amide bonds. The summed E-state index contributed by atoms with van der Waals surface area (Å²) in [6.45, 7) is 10.5. The maximum atomic E-state index is 14.8. The fraction of sp³-hybridized carbons (Fsp3) is 0.787. The second-order valence-corrected chi connectivity index (χ2v) is 19.8. The molecule has 21 nitrogen and oxygen atoms in total. The summed E-state index contributed by atoms with van der Waals surface area (Å²) in [5, 5.41) is 45.9. The lowest BCUT2D eigenvalue weighted by atomic mass is 9.51. The molecule has 0 bridgehead atoms. The Bertz CT molecular complexity index is 2070. The van der Waals surface area contributed by atoms with Crippen molar-refractivity contribution in [1.82, 2.24) is 0 Å². The molecule has 0 aromatic carbocycles. The average molecular weight is 965 g/mol. The lowest BCUT2D eigenvalue weighted by Gasteiger charge is -2.56. The molecule has 0 radical (unpaired) electrons. The Morgan fingerprint density at radius 1 is 0.794 bits per heavy atom. The van der Waals surface area contributed by atoms with Gasteiger partial charge in [-0.3, -0.25) is 28.8 Å². The van der Waals surface area contributed by atoms with Crippen molar-refractivity contribution in [3.63, 3.8) is 0 Å². The first-order valence-electron chi connectivity index (χ1n) is 23.5. The zero-order valence-corrected chi connectivity index (χ0v) is 39.4. The number of ether oxygens (including phenoxy) is 11. The zero-order valence-electron chi connectivity index (χ0n) is 39.4. The van der Waals surface area contributed by atoms with Crippen LogP contribution in [0.5, 0.6) is 0 Å². The van der Waals surface area contributed by atoms with Crippen molar-refractivity contribution in [2.24, 2.45) is 35.0 Å². The first-order chi connectivity index (χ1) is 32.1. The maximum absolute atomic E-state index is 14.8. The molecule has 21 heteroatoms. The Hall–Kier alpha value is -3.90. The van der Waals surface area contributed by atoms with Gasteiger partial charge in [-0.15, -0.1) is 0 Å². The third kappa shape index (κ3) is 8.93. The average Bonchev–Trinajstić information content (AvgIpc) is 3.73. The lowest BCUT2D eigenvalue weighted by Crippen LogP contribution is -2.65. The molecule has 378 valence electrons. The van der Waals surface area contributed by atoms with E-state index < -0.39 is 145 Å². The van der Waals surface area contributed by atoms with Gasteiger partial charge in [-0.05, 0) is 44.4 Å². The van der Waals surface area contributed by atoms with Crippen molar-refractivity contribution in [3.8, 4) is 0 Å². The highest BCUT2D eigenvalue weighted by atomic mass is 16.8. The summed E-state index contributed by atoms with van der Waals surface area (Å²) in [5.41, 5.74) is 1.45. The number of fused-ring (bicyclic) bond motifs is 6. The molecule has 0 aromatic heterocycles. The van der Waals surface area contributed by atoms with Crippen LogP contribution in [0.1, 0.15) is 87.5 Å². The summed E-state index contributed by atoms with van der Waals surface area (Å²) >= 11 is 0. The van der Waals surface area contributed by atoms with Gasteiger partial charge in [0, 0.05) is 63.9 Å². The number of hydrogen-bond donors (Lipinski definition) is 4. The van der Waals surface area contributed by atoms with Crippen LogP contribution in [0.4, 0.5) is 0 Å². The number of esters is 5. The van der Waals surface area contributed by atoms with E-state index in [0.29, 0.717) is 31.3 Å². The van der Waals surface area contributed by atoms with Crippen molar-refractivity contribution < 1.29 is 101 Å². The normalized spacial score (nSPS) is 45.2. The number of rotatable bonds is 10. The van der Waals surface area contributed by atoms with Crippen LogP contribution < -0.4 is 0 Å². The third-order valence-corrected chi connectivity index (χ3v) is 15.4. The van der Waals surface area contributed by atoms with Gasteiger partial charge in [-0.1, -0.05) is 31.1 Å². The van der Waals surface area contributed by atoms with Gasteiger partial charge >= 0.3 is 29.8 Å². The van der Waals surface area contributed by atoms with Crippen LogP contribution in [0.2, 0.25) is 0 Å². The largest absolute Gasteiger partial charge is 0.465 e. The number of carbonyl (C=O) groups is 6. The predicted molar refractivity (Wildman–Crippen MR) is 225 cm³/mol. The molecule has 68 heavy (non-hydrogen) atoms. The Kier molecular flexibility index (Phi) is 14.4. The van der Waals surface area contributed by atoms with Crippen LogP contribution in [0.3, 0.4) is 0 Å². The van der Waals surface area contributed by atoms with Crippen molar-refractivity contribution in [1.29, 1.82) is 0 Å². The molecule has 21 unspecified atom stereocenters. The SMILES string of the molecule is CC(=O)OCC1C2C3=C(C(=O)C2OC12OCC(C)C(O)C2O)C1CC=C2CC(O)CC(OC4OCC(OC(C)=O)C(O)C4OC4OC(C)C(OC(C)=O)C(OC(C)=O)C4OC(C)=O)C2(C)C1CC3. The highest BCUT2D eigenvalue weighted by molar-refractivity contribution is 6.04. The van der Waals surface area contributed by atoms with E-state index in [4.69, 9.17) is 52.1 Å². The van der Waals surface area contributed by atoms with E-state index >= 15 is 0 Å². The lowest BCUT2D eigenvalue weighted by molar-refractivity contribution is -0.363. The first-order valence-corrected chi connectivity index (χ1v) is 23.5. The Labute approximate surface area is 392 Å². The van der Waals surface area contributed by atoms with Crippen LogP contribution >= 0.6 is 0 Å². The number of aliphatic hydroxyl groups is 4. The van der Waals surface area contributed by atoms with Gasteiger partial charge in [0.15, 0.2) is 42.8 Å². The third-order valence-electron chi connectivity index (χ3n) is 15.4. The Balaban J connectivity index is 1.11. The first kappa shape index (κ1) is 50.5. The minimum Gasteiger partial charge on any atom is -0.465 e. The molecule has 5 fully saturated rings. The molecule has 1 saturated carbocycles. The molecule has 4 aliphatic heterocycles. The minimum atomic E-state index is -1.80. The number of allylic oxidation sites excluding steroid dienone is 1. The van der Waals surface area contributed by atoms with Crippen LogP contribution in [0, 0.1) is 35.0 Å². The molecule has 8 rings (SSSR count). The Morgan fingerprint density at radius 3 is 2.12 bits per heavy atom. The zero-order chi connectivity index (χ0) is 49.3. The van der Waals surface area contributed by atoms with Gasteiger partial charge in [0.1, 0.15) is 31.0 Å². The van der Waals surface area contributed by atoms with E-state index in [2.05, 4.69) is 0 Å². The number of Topliss-reactive ketones (excluding diaryl/α,β-unsaturated/α-hetero) is 1. The summed E-state index contributed by atoms with van der Waals surface area (Å²) in [6.07, 6.45) is -14.5. The highest BCUT2D eigenvalue weighted by Gasteiger charge is 2.70. The van der Waals surface area contributed by atoms with Gasteiger partial charge in [-0.2, -0.15) is 0 Å². The van der Waals surface area contributed by atoms with E-state index in [0.717, 1.165) is 38.8 Å². The van der Waals surface area contributed by atoms with Gasteiger partial charge in [0.05, 0.1) is 43.5 Å². The molecule has 8 aliphatic rings. The molecule has 4 saturated heterocycles. The van der Waals surface area contributed by atoms with Crippen molar-refractivity contribution in [3.05, 3.63) is 22.8 Å². The number of ketones is 1. The number of aliphatic hydroxyl groups excluding tert-OH is 4. The molecule has 1 spiro atoms. The van der Waals surface area contributed by atoms with Gasteiger partial charge in [-0.25, -0.2) is 0 Å². The van der Waals surface area contributed by atoms with Crippen LogP contribution in [0.25, 0.3) is 0 Å². The van der Waals surface area contributed by atoms with E-state index in [1.54, 1.807) is 6.92 Å². The molecular weight excluding hydrogens is 900 g/mol. The van der Waals surface area contributed by atoms with Crippen LogP contribution in [0.15, 0.2) is 22.8 Å². The van der Waals surface area contributed by atoms with E-state index in [1.165, 1.54) is 13.8 Å². The quantitative estimate of drug-likeness (QED) is 0.133. The van der Waals surface area contributed by atoms with Crippen LogP contribution in [-0.4, -0.2) is 167 Å². The van der Waals surface area contributed by atoms with Gasteiger partial charge in [0.2, 0.25) is 5.79 Å². The van der Waals surface area contributed by atoms with E-state index in [9.17, 15) is 49.2 Å². The number of carbonyl (C=O) groups excluding carboxylic acids is 6. The highest BCUT2D eigenvalue weighted by Crippen LogP contribution is 2.64. The fourth-order valence-electron chi connectivity index (χ4n) is 12.5. The summed E-state index contributed by atoms with van der Waals surface area (Å²) in [7, 11) is 0. The summed E-state index contributed by atoms with van der Waals surface area (Å²) in [5.74, 6) is -8.21. The molecule has 21 atom stereocenters. The summed E-state index contributed by atoms with van der Waals surface area (Å²) in [6, 6.07) is 0. The fourth-order valence-corrected chi connectivity index (χ4v) is 12.5. The molecule has 4 aliphatic carbocycles. The molecule has 4 heterocycles. The van der Waals surface area contributed by atoms with Crippen molar-refractivity contribution in [2.75, 3.05) is 19.8 Å². The van der Waals surface area contributed by atoms with Crippen molar-refractivity contribution >= 4 is 35.6 Å². The topological polar surface area (TPSA) is 285 Å². The number of hydrogen-bond acceptors (Lipinski definition) is 21. The smallest absolute Gasteiger partial charge is 0.303 e. The Morgan fingerprint density at radius 2 is 1.46 bits per heavy atom. The molecule has 0 aromatic rings. The minimum absolute atomic E-state index is 0.0428. The standard InChI is InChI=1S/C47H64O21/c1-18-15-60-47(43(57)35(18)54)30(16-58-20(3)48)34-28-11-12-29-27(33(28)37(56)39(34)68-47)10-9-25-13-26(53)14-32(46(25,29)8)66-44-40(36(55)31(17-59-44)62-21(4)49)67-45-42(65-24(7)52)41(64-23(6)51)38(19(2)61-45)63-22(5)50/h9,18-19,26-27,29-32,34-36,38-45,53-55,57H,10-17H2,1-8H3. The van der Waals surface area contributed by atoms with Crippen molar-refractivity contribution in [2.45, 2.75) is 179 Å². The molecule has 4 N–H and O–H groups in total. The predicted octanol–water partition coefficient (Wildman–Crippen LogP) is 0.621. The van der Waals surface area contributed by atoms with Gasteiger partial charge in [0.25, 0.3) is 0 Å². The van der Waals surface area contributed by atoms with E-state index in [1.807, 2.05) is 13.0 Å². The monoisotopic (exact) mass is 964 g/mol. The van der Waals surface area contributed by atoms with Crippen LogP contribution in [-0.2, 0) is 80.9 Å². The second kappa shape index (κ2) is 19.4. The summed E-state index contributed by atoms with van der Waals surface area (Å²) in [4.78, 5) is 76.3. The van der Waals surface area contributed by atoms with Gasteiger partial charge < -0.3 is 72.5 Å². The second-order valence-electron chi connectivity index (χ2n) is 19.8. The maximum Gasteiger partial charge on any atom is 0.303 e. The summed E-state index contributed by atoms with van der Waals surface area (Å²) < 4.78 is 65.9. The molecular formula is C47H64O21. The van der Waals surface area contributed by atoms with E-state index in [-0.39, 0.29) is 43.9 Å².